The standard InChI is InChI=1S/C46H30N2/c1-3-13-34(14-4-1)43-29-38(30-44(47-43)35-15-5-2-6-16-35)32-24-22-31(23-25-32)36-17-11-18-37(28-36)46-41-27-26-33-12-7-8-19-39(33)45(41)40-20-9-10-21-42(40)48-46/h1-30H. The molecule has 0 saturated heterocycles. The molecule has 0 amide bonds. The highest BCUT2D eigenvalue weighted by Gasteiger charge is 2.14. The average molecular weight is 611 g/mol. The molecule has 0 saturated carbocycles. The van der Waals surface area contributed by atoms with E-state index in [9.17, 15) is 0 Å². The van der Waals surface area contributed by atoms with E-state index in [1.54, 1.807) is 0 Å². The van der Waals surface area contributed by atoms with Gasteiger partial charge in [0.15, 0.2) is 0 Å². The lowest BCUT2D eigenvalue weighted by atomic mass is 9.93. The van der Waals surface area contributed by atoms with Crippen LogP contribution in [-0.2, 0) is 0 Å². The third-order valence-electron chi connectivity index (χ3n) is 9.24. The van der Waals surface area contributed by atoms with E-state index in [0.717, 1.165) is 61.5 Å². The van der Waals surface area contributed by atoms with Gasteiger partial charge in [0.25, 0.3) is 0 Å². The SMILES string of the molecule is c1ccc(-c2cc(-c3ccc(-c4cccc(-c5nc6ccccc6c6c5ccc5ccccc56)c4)cc3)cc(-c3ccccc3)n2)cc1. The molecule has 0 aliphatic rings. The van der Waals surface area contributed by atoms with Gasteiger partial charge in [0.2, 0.25) is 0 Å². The summed E-state index contributed by atoms with van der Waals surface area (Å²) in [4.78, 5) is 10.3. The Labute approximate surface area is 279 Å². The van der Waals surface area contributed by atoms with Crippen molar-refractivity contribution >= 4 is 32.4 Å². The molecular formula is C46H30N2. The molecule has 0 spiro atoms. The van der Waals surface area contributed by atoms with Crippen LogP contribution in [0.3, 0.4) is 0 Å². The minimum Gasteiger partial charge on any atom is -0.248 e. The van der Waals surface area contributed by atoms with Crippen LogP contribution in [0.15, 0.2) is 182 Å². The molecule has 0 unspecified atom stereocenters. The Morgan fingerprint density at radius 3 is 1.56 bits per heavy atom. The van der Waals surface area contributed by atoms with Gasteiger partial charge in [-0.25, -0.2) is 9.97 Å². The number of aromatic nitrogens is 2. The Hall–Kier alpha value is -6.38. The smallest absolute Gasteiger partial charge is 0.0788 e. The molecule has 0 atom stereocenters. The predicted molar refractivity (Wildman–Crippen MR) is 202 cm³/mol. The largest absolute Gasteiger partial charge is 0.248 e. The normalized spacial score (nSPS) is 11.3. The fraction of sp³-hybridized carbons (Fsp3) is 0. The van der Waals surface area contributed by atoms with Crippen LogP contribution in [0.1, 0.15) is 0 Å². The summed E-state index contributed by atoms with van der Waals surface area (Å²) in [6.07, 6.45) is 0. The first-order chi connectivity index (χ1) is 23.8. The van der Waals surface area contributed by atoms with E-state index < -0.39 is 0 Å². The third-order valence-corrected chi connectivity index (χ3v) is 9.24. The van der Waals surface area contributed by atoms with E-state index in [1.807, 2.05) is 12.1 Å². The zero-order valence-electron chi connectivity index (χ0n) is 26.2. The summed E-state index contributed by atoms with van der Waals surface area (Å²) >= 11 is 0. The molecule has 0 aliphatic heterocycles. The van der Waals surface area contributed by atoms with Crippen molar-refractivity contribution in [3.8, 4) is 56.0 Å². The molecular weight excluding hydrogens is 581 g/mol. The first-order valence-electron chi connectivity index (χ1n) is 16.3. The lowest BCUT2D eigenvalue weighted by molar-refractivity contribution is 1.32. The second kappa shape index (κ2) is 11.8. The molecule has 2 heterocycles. The van der Waals surface area contributed by atoms with Gasteiger partial charge in [-0.1, -0.05) is 158 Å². The molecule has 0 bridgehead atoms. The monoisotopic (exact) mass is 610 g/mol. The maximum absolute atomic E-state index is 5.23. The third kappa shape index (κ3) is 5.01. The van der Waals surface area contributed by atoms with E-state index in [0.29, 0.717) is 0 Å². The molecule has 0 N–H and O–H groups in total. The Balaban J connectivity index is 1.13. The highest BCUT2D eigenvalue weighted by molar-refractivity contribution is 6.22. The summed E-state index contributed by atoms with van der Waals surface area (Å²) in [6.45, 7) is 0. The number of hydrogen-bond donors (Lipinski definition) is 0. The summed E-state index contributed by atoms with van der Waals surface area (Å²) < 4.78 is 0. The lowest BCUT2D eigenvalue weighted by Crippen LogP contribution is -1.92. The van der Waals surface area contributed by atoms with Gasteiger partial charge in [0, 0.05) is 32.8 Å². The van der Waals surface area contributed by atoms with Crippen LogP contribution in [0.2, 0.25) is 0 Å². The van der Waals surface area contributed by atoms with Gasteiger partial charge in [0.05, 0.1) is 22.6 Å². The number of hydrogen-bond acceptors (Lipinski definition) is 2. The van der Waals surface area contributed by atoms with Crippen LogP contribution < -0.4 is 0 Å². The average Bonchev–Trinajstić information content (AvgIpc) is 3.18. The number of fused-ring (bicyclic) bond motifs is 5. The van der Waals surface area contributed by atoms with Crippen LogP contribution in [0.5, 0.6) is 0 Å². The number of para-hydroxylation sites is 1. The van der Waals surface area contributed by atoms with Crippen molar-refractivity contribution < 1.29 is 0 Å². The highest BCUT2D eigenvalue weighted by Crippen LogP contribution is 2.38. The topological polar surface area (TPSA) is 25.8 Å². The maximum Gasteiger partial charge on any atom is 0.0788 e. The fourth-order valence-electron chi connectivity index (χ4n) is 6.85. The van der Waals surface area contributed by atoms with Gasteiger partial charge in [0.1, 0.15) is 0 Å². The van der Waals surface area contributed by atoms with Crippen molar-refractivity contribution in [2.24, 2.45) is 0 Å². The van der Waals surface area contributed by atoms with Crippen LogP contribution in [0, 0.1) is 0 Å². The number of rotatable bonds is 5. The van der Waals surface area contributed by atoms with Gasteiger partial charge in [-0.15, -0.1) is 0 Å². The predicted octanol–water partition coefficient (Wildman–Crippen LogP) is 12.3. The summed E-state index contributed by atoms with van der Waals surface area (Å²) in [5, 5.41) is 6.10. The van der Waals surface area contributed by atoms with Crippen molar-refractivity contribution in [2.75, 3.05) is 0 Å². The quantitative estimate of drug-likeness (QED) is 0.181. The lowest BCUT2D eigenvalue weighted by Gasteiger charge is -2.14. The second-order valence-electron chi connectivity index (χ2n) is 12.2. The Bertz CT molecular complexity index is 2520. The van der Waals surface area contributed by atoms with Gasteiger partial charge >= 0.3 is 0 Å². The summed E-state index contributed by atoms with van der Waals surface area (Å²) in [6, 6.07) is 64.4. The van der Waals surface area contributed by atoms with Gasteiger partial charge in [-0.3, -0.25) is 0 Å². The minimum atomic E-state index is 0.964. The van der Waals surface area contributed by atoms with Crippen LogP contribution >= 0.6 is 0 Å². The van der Waals surface area contributed by atoms with E-state index in [4.69, 9.17) is 9.97 Å². The second-order valence-corrected chi connectivity index (χ2v) is 12.2. The number of benzene rings is 7. The van der Waals surface area contributed by atoms with Crippen molar-refractivity contribution in [1.29, 1.82) is 0 Å². The van der Waals surface area contributed by atoms with Crippen molar-refractivity contribution in [3.05, 3.63) is 182 Å². The zero-order valence-corrected chi connectivity index (χ0v) is 26.2. The van der Waals surface area contributed by atoms with Crippen molar-refractivity contribution in [1.82, 2.24) is 9.97 Å². The van der Waals surface area contributed by atoms with Gasteiger partial charge in [-0.2, -0.15) is 0 Å². The molecule has 48 heavy (non-hydrogen) atoms. The molecule has 224 valence electrons. The summed E-state index contributed by atoms with van der Waals surface area (Å²) in [5.41, 5.74) is 11.9. The molecule has 9 aromatic rings. The number of pyridine rings is 2. The Morgan fingerprint density at radius 2 is 0.854 bits per heavy atom. The number of nitrogens with zero attached hydrogens (tertiary/aromatic N) is 2. The van der Waals surface area contributed by atoms with Gasteiger partial charge in [-0.05, 0) is 57.3 Å². The maximum atomic E-state index is 5.23. The molecule has 2 heteroatoms. The molecule has 9 rings (SSSR count). The van der Waals surface area contributed by atoms with Crippen molar-refractivity contribution in [2.45, 2.75) is 0 Å². The molecule has 0 radical (unpaired) electrons. The molecule has 7 aromatic carbocycles. The zero-order chi connectivity index (χ0) is 31.9. The molecule has 0 fully saturated rings. The van der Waals surface area contributed by atoms with E-state index in [-0.39, 0.29) is 0 Å². The van der Waals surface area contributed by atoms with Crippen LogP contribution in [0.4, 0.5) is 0 Å². The summed E-state index contributed by atoms with van der Waals surface area (Å²) in [7, 11) is 0. The molecule has 2 aromatic heterocycles. The molecule has 0 aliphatic carbocycles. The Morgan fingerprint density at radius 1 is 0.292 bits per heavy atom. The highest BCUT2D eigenvalue weighted by atomic mass is 14.7. The van der Waals surface area contributed by atoms with E-state index >= 15 is 0 Å². The van der Waals surface area contributed by atoms with Crippen LogP contribution in [0.25, 0.3) is 88.5 Å². The summed E-state index contributed by atoms with van der Waals surface area (Å²) in [5.74, 6) is 0. The van der Waals surface area contributed by atoms with Gasteiger partial charge < -0.3 is 0 Å². The van der Waals surface area contributed by atoms with Crippen LogP contribution in [-0.4, -0.2) is 9.97 Å². The molecule has 2 nitrogen and oxygen atoms in total. The van der Waals surface area contributed by atoms with E-state index in [2.05, 4.69) is 170 Å². The Kier molecular flexibility index (Phi) is 6.84. The fourth-order valence-corrected chi connectivity index (χ4v) is 6.85. The minimum absolute atomic E-state index is 0.964. The van der Waals surface area contributed by atoms with Crippen molar-refractivity contribution in [3.63, 3.8) is 0 Å². The first-order valence-corrected chi connectivity index (χ1v) is 16.3. The van der Waals surface area contributed by atoms with E-state index in [1.165, 1.54) is 26.9 Å². The first kappa shape index (κ1) is 27.9.